The number of pyridine rings is 2. The molecule has 0 aliphatic carbocycles. The molecule has 1 N–H and O–H groups in total. The molecule has 9 nitrogen and oxygen atoms in total. The van der Waals surface area contributed by atoms with Crippen molar-refractivity contribution < 1.29 is 14.3 Å². The van der Waals surface area contributed by atoms with Crippen LogP contribution in [-0.4, -0.2) is 40.0 Å². The molecule has 9 heteroatoms. The minimum absolute atomic E-state index is 0.0741. The van der Waals surface area contributed by atoms with E-state index in [4.69, 9.17) is 0 Å². The summed E-state index contributed by atoms with van der Waals surface area (Å²) in [4.78, 5) is 34.7. The number of fused-ring (bicyclic) bond motifs is 1. The van der Waals surface area contributed by atoms with Gasteiger partial charge in [-0.2, -0.15) is 5.26 Å². The number of ether oxygens (including phenoxy) is 1. The van der Waals surface area contributed by atoms with Crippen molar-refractivity contribution in [3.63, 3.8) is 0 Å². The molecule has 1 aromatic carbocycles. The summed E-state index contributed by atoms with van der Waals surface area (Å²) in [5.74, 6) is 0.0539. The minimum atomic E-state index is -0.608. The zero-order valence-corrected chi connectivity index (χ0v) is 18.0. The number of aromatic nitrogens is 3. The van der Waals surface area contributed by atoms with Gasteiger partial charge in [0.2, 0.25) is 0 Å². The lowest BCUT2D eigenvalue weighted by molar-refractivity contribution is 0.0989. The minimum Gasteiger partial charge on any atom is -0.453 e. The Labute approximate surface area is 189 Å². The molecule has 2 amide bonds. The predicted molar refractivity (Wildman–Crippen MR) is 123 cm³/mol. The van der Waals surface area contributed by atoms with E-state index in [0.29, 0.717) is 22.7 Å². The lowest BCUT2D eigenvalue weighted by Crippen LogP contribution is -2.31. The van der Waals surface area contributed by atoms with Crippen molar-refractivity contribution in [3.05, 3.63) is 78.2 Å². The van der Waals surface area contributed by atoms with Gasteiger partial charge in [0, 0.05) is 23.6 Å². The molecule has 0 spiro atoms. The summed E-state index contributed by atoms with van der Waals surface area (Å²) in [6.45, 7) is 1.89. The molecule has 0 aliphatic heterocycles. The molecule has 0 saturated carbocycles. The van der Waals surface area contributed by atoms with Gasteiger partial charge >= 0.3 is 6.09 Å². The Bertz CT molecular complexity index is 1350. The summed E-state index contributed by atoms with van der Waals surface area (Å²) in [6, 6.07) is 16.4. The van der Waals surface area contributed by atoms with Gasteiger partial charge in [-0.15, -0.1) is 0 Å². The summed E-state index contributed by atoms with van der Waals surface area (Å²) < 4.78 is 6.35. The van der Waals surface area contributed by atoms with Crippen LogP contribution in [0.4, 0.5) is 16.3 Å². The van der Waals surface area contributed by atoms with Crippen molar-refractivity contribution >= 4 is 29.2 Å². The Morgan fingerprint density at radius 3 is 2.55 bits per heavy atom. The van der Waals surface area contributed by atoms with Gasteiger partial charge in [0.1, 0.15) is 18.0 Å². The third-order valence-corrected chi connectivity index (χ3v) is 5.05. The lowest BCUT2D eigenvalue weighted by Gasteiger charge is -2.20. The highest BCUT2D eigenvalue weighted by molar-refractivity contribution is 6.06. The van der Waals surface area contributed by atoms with E-state index in [0.717, 1.165) is 16.8 Å². The third kappa shape index (κ3) is 4.50. The third-order valence-electron chi connectivity index (χ3n) is 5.05. The van der Waals surface area contributed by atoms with Crippen molar-refractivity contribution in [2.75, 3.05) is 23.9 Å². The van der Waals surface area contributed by atoms with Gasteiger partial charge in [-0.3, -0.25) is 19.4 Å². The molecule has 0 saturated heterocycles. The first-order valence-electron chi connectivity index (χ1n) is 10.0. The van der Waals surface area contributed by atoms with E-state index in [1.807, 2.05) is 31.2 Å². The van der Waals surface area contributed by atoms with Crippen molar-refractivity contribution in [3.8, 4) is 17.3 Å². The maximum absolute atomic E-state index is 13.3. The van der Waals surface area contributed by atoms with Gasteiger partial charge in [-0.1, -0.05) is 17.7 Å². The summed E-state index contributed by atoms with van der Waals surface area (Å²) in [5.41, 5.74) is 4.24. The van der Waals surface area contributed by atoms with Crippen LogP contribution in [0, 0.1) is 18.3 Å². The second-order valence-corrected chi connectivity index (χ2v) is 7.22. The van der Waals surface area contributed by atoms with E-state index in [-0.39, 0.29) is 12.5 Å². The summed E-state index contributed by atoms with van der Waals surface area (Å²) in [6.07, 6.45) is 4.36. The fourth-order valence-electron chi connectivity index (χ4n) is 3.33. The zero-order chi connectivity index (χ0) is 23.4. The van der Waals surface area contributed by atoms with Gasteiger partial charge in [-0.25, -0.2) is 14.8 Å². The molecular weight excluding hydrogens is 420 g/mol. The molecule has 3 aromatic heterocycles. The Morgan fingerprint density at radius 2 is 1.88 bits per heavy atom. The van der Waals surface area contributed by atoms with E-state index in [9.17, 15) is 14.9 Å². The van der Waals surface area contributed by atoms with Crippen molar-refractivity contribution in [2.24, 2.45) is 0 Å². The number of nitriles is 1. The smallest absolute Gasteiger partial charge is 0.412 e. The number of hydrogen-bond acceptors (Lipinski definition) is 6. The normalized spacial score (nSPS) is 10.5. The van der Waals surface area contributed by atoms with Crippen LogP contribution in [0.15, 0.2) is 67.1 Å². The van der Waals surface area contributed by atoms with Crippen LogP contribution in [0.25, 0.3) is 16.9 Å². The molecule has 0 atom stereocenters. The zero-order valence-electron chi connectivity index (χ0n) is 18.0. The molecule has 4 rings (SSSR count). The first kappa shape index (κ1) is 21.5. The summed E-state index contributed by atoms with van der Waals surface area (Å²) in [5, 5.41) is 11.8. The SMILES string of the molecule is COC(=O)Nc1ccc(-c2cnc3ccc(C(=O)N(CC#N)c4ccc(C)cc4)cn23)cn1. The number of carbonyl (C=O) groups excluding carboxylic acids is 2. The average molecular weight is 440 g/mol. The van der Waals surface area contributed by atoms with Crippen LogP contribution < -0.4 is 10.2 Å². The van der Waals surface area contributed by atoms with Gasteiger partial charge in [0.15, 0.2) is 0 Å². The Kier molecular flexibility index (Phi) is 6.00. The predicted octanol–water partition coefficient (Wildman–Crippen LogP) is 4.05. The fraction of sp³-hybridized carbons (Fsp3) is 0.125. The second-order valence-electron chi connectivity index (χ2n) is 7.22. The second kappa shape index (κ2) is 9.20. The number of methoxy groups -OCH3 is 1. The van der Waals surface area contributed by atoms with E-state index in [1.54, 1.807) is 47.3 Å². The molecule has 33 heavy (non-hydrogen) atoms. The standard InChI is InChI=1S/C24H20N6O3/c1-16-3-7-19(8-4-16)29(12-11-25)23(31)18-6-10-22-27-14-20(30(22)15-18)17-5-9-21(26-13-17)28-24(32)33-2/h3-10,13-15H,12H2,1-2H3,(H,26,28,32). The summed E-state index contributed by atoms with van der Waals surface area (Å²) >= 11 is 0. The van der Waals surface area contributed by atoms with Gasteiger partial charge < -0.3 is 4.74 Å². The molecule has 164 valence electrons. The van der Waals surface area contributed by atoms with Crippen LogP contribution in [0.2, 0.25) is 0 Å². The van der Waals surface area contributed by atoms with E-state index in [2.05, 4.69) is 26.1 Å². The van der Waals surface area contributed by atoms with Gasteiger partial charge in [0.25, 0.3) is 5.91 Å². The van der Waals surface area contributed by atoms with Crippen LogP contribution in [0.5, 0.6) is 0 Å². The van der Waals surface area contributed by atoms with Crippen LogP contribution in [0.1, 0.15) is 15.9 Å². The number of nitrogens with one attached hydrogen (secondary N) is 1. The highest BCUT2D eigenvalue weighted by Gasteiger charge is 2.19. The number of rotatable bonds is 5. The highest BCUT2D eigenvalue weighted by Crippen LogP contribution is 2.23. The number of nitrogens with zero attached hydrogens (tertiary/aromatic N) is 5. The van der Waals surface area contributed by atoms with Gasteiger partial charge in [-0.05, 0) is 43.3 Å². The molecule has 0 bridgehead atoms. The molecule has 3 heterocycles. The summed E-state index contributed by atoms with van der Waals surface area (Å²) in [7, 11) is 1.28. The molecule has 0 fully saturated rings. The van der Waals surface area contributed by atoms with Crippen LogP contribution >= 0.6 is 0 Å². The largest absolute Gasteiger partial charge is 0.453 e. The first-order chi connectivity index (χ1) is 16.0. The molecule has 0 unspecified atom stereocenters. The lowest BCUT2D eigenvalue weighted by atomic mass is 10.1. The number of anilines is 2. The van der Waals surface area contributed by atoms with E-state index < -0.39 is 6.09 Å². The first-order valence-corrected chi connectivity index (χ1v) is 10.0. The molecular formula is C24H20N6O3. The molecule has 0 radical (unpaired) electrons. The monoisotopic (exact) mass is 440 g/mol. The Balaban J connectivity index is 1.67. The number of carbonyl (C=O) groups is 2. The van der Waals surface area contributed by atoms with Crippen molar-refractivity contribution in [2.45, 2.75) is 6.92 Å². The molecule has 0 aliphatic rings. The quantitative estimate of drug-likeness (QED) is 0.469. The Morgan fingerprint density at radius 1 is 1.09 bits per heavy atom. The van der Waals surface area contributed by atoms with Crippen LogP contribution in [-0.2, 0) is 4.74 Å². The highest BCUT2D eigenvalue weighted by atomic mass is 16.5. The number of imidazole rings is 1. The number of hydrogen-bond donors (Lipinski definition) is 1. The van der Waals surface area contributed by atoms with Gasteiger partial charge in [0.05, 0.1) is 30.6 Å². The Hall–Kier alpha value is -4.71. The molecule has 4 aromatic rings. The maximum atomic E-state index is 13.3. The van der Waals surface area contributed by atoms with Crippen LogP contribution in [0.3, 0.4) is 0 Å². The average Bonchev–Trinajstić information content (AvgIpc) is 3.26. The number of aryl methyl sites for hydroxylation is 1. The number of amides is 2. The van der Waals surface area contributed by atoms with E-state index >= 15 is 0 Å². The maximum Gasteiger partial charge on any atom is 0.412 e. The van der Waals surface area contributed by atoms with Crippen molar-refractivity contribution in [1.29, 1.82) is 5.26 Å². The number of benzene rings is 1. The fourth-order valence-corrected chi connectivity index (χ4v) is 3.33. The topological polar surface area (TPSA) is 113 Å². The van der Waals surface area contributed by atoms with Crippen molar-refractivity contribution in [1.82, 2.24) is 14.4 Å². The van der Waals surface area contributed by atoms with E-state index in [1.165, 1.54) is 12.0 Å².